The SMILES string of the molecule is CC(C)C(=O)NC1CCCOc2ccc(C(C)C)cc21. The average Bonchev–Trinajstić information content (AvgIpc) is 2.60. The molecule has 1 atom stereocenters. The second-order valence-electron chi connectivity index (χ2n) is 6.16. The van der Waals surface area contributed by atoms with Gasteiger partial charge in [0.2, 0.25) is 5.91 Å². The molecule has 0 saturated carbocycles. The van der Waals surface area contributed by atoms with Gasteiger partial charge in [-0.15, -0.1) is 0 Å². The molecular formula is C17H25NO2. The predicted molar refractivity (Wildman–Crippen MR) is 81.0 cm³/mol. The van der Waals surface area contributed by atoms with Gasteiger partial charge in [0.25, 0.3) is 0 Å². The first-order valence-electron chi connectivity index (χ1n) is 7.56. The topological polar surface area (TPSA) is 38.3 Å². The number of hydrogen-bond acceptors (Lipinski definition) is 2. The zero-order valence-electron chi connectivity index (χ0n) is 12.9. The molecule has 1 aliphatic rings. The lowest BCUT2D eigenvalue weighted by molar-refractivity contribution is -0.124. The minimum atomic E-state index is 0.0101. The van der Waals surface area contributed by atoms with Crippen molar-refractivity contribution in [3.05, 3.63) is 29.3 Å². The standard InChI is InChI=1S/C17H25NO2/c1-11(2)13-7-8-16-14(10-13)15(6-5-9-20-16)18-17(19)12(3)4/h7-8,10-12,15H,5-6,9H2,1-4H3,(H,18,19). The Hall–Kier alpha value is -1.51. The minimum Gasteiger partial charge on any atom is -0.493 e. The Balaban J connectivity index is 2.31. The molecule has 1 unspecified atom stereocenters. The first-order valence-corrected chi connectivity index (χ1v) is 7.56. The highest BCUT2D eigenvalue weighted by molar-refractivity contribution is 5.78. The Labute approximate surface area is 121 Å². The van der Waals surface area contributed by atoms with Crippen molar-refractivity contribution in [3.8, 4) is 5.75 Å². The van der Waals surface area contributed by atoms with Crippen LogP contribution in [0.3, 0.4) is 0 Å². The molecule has 0 aliphatic carbocycles. The summed E-state index contributed by atoms with van der Waals surface area (Å²) in [6.45, 7) is 8.94. The van der Waals surface area contributed by atoms with Gasteiger partial charge in [-0.3, -0.25) is 4.79 Å². The summed E-state index contributed by atoms with van der Waals surface area (Å²) < 4.78 is 5.80. The molecule has 2 rings (SSSR count). The fourth-order valence-electron chi connectivity index (χ4n) is 2.44. The Kier molecular flexibility index (Phi) is 4.69. The van der Waals surface area contributed by atoms with E-state index in [0.717, 1.165) is 30.8 Å². The number of fused-ring (bicyclic) bond motifs is 1. The monoisotopic (exact) mass is 275 g/mol. The maximum Gasteiger partial charge on any atom is 0.223 e. The van der Waals surface area contributed by atoms with Gasteiger partial charge in [0.1, 0.15) is 5.75 Å². The molecule has 1 N–H and O–H groups in total. The molecule has 1 amide bonds. The lowest BCUT2D eigenvalue weighted by Gasteiger charge is -2.21. The van der Waals surface area contributed by atoms with Crippen molar-refractivity contribution in [2.24, 2.45) is 5.92 Å². The first-order chi connectivity index (χ1) is 9.49. The molecule has 1 aromatic rings. The summed E-state index contributed by atoms with van der Waals surface area (Å²) in [5.74, 6) is 1.51. The van der Waals surface area contributed by atoms with Crippen LogP contribution in [0, 0.1) is 5.92 Å². The zero-order chi connectivity index (χ0) is 14.7. The summed E-state index contributed by atoms with van der Waals surface area (Å²) in [5.41, 5.74) is 2.42. The van der Waals surface area contributed by atoms with E-state index in [1.165, 1.54) is 5.56 Å². The Morgan fingerprint density at radius 3 is 2.70 bits per heavy atom. The first kappa shape index (κ1) is 14.9. The van der Waals surface area contributed by atoms with Crippen molar-refractivity contribution in [1.29, 1.82) is 0 Å². The van der Waals surface area contributed by atoms with Crippen molar-refractivity contribution >= 4 is 5.91 Å². The number of ether oxygens (including phenoxy) is 1. The summed E-state index contributed by atoms with van der Waals surface area (Å²) in [6.07, 6.45) is 1.90. The third-order valence-corrected chi connectivity index (χ3v) is 3.81. The van der Waals surface area contributed by atoms with Gasteiger partial charge >= 0.3 is 0 Å². The Bertz CT molecular complexity index is 480. The number of rotatable bonds is 3. The van der Waals surface area contributed by atoms with Crippen LogP contribution in [0.15, 0.2) is 18.2 Å². The minimum absolute atomic E-state index is 0.0101. The normalized spacial score (nSPS) is 18.4. The van der Waals surface area contributed by atoms with Crippen molar-refractivity contribution in [1.82, 2.24) is 5.32 Å². The molecule has 0 bridgehead atoms. The maximum atomic E-state index is 12.0. The fourth-order valence-corrected chi connectivity index (χ4v) is 2.44. The highest BCUT2D eigenvalue weighted by atomic mass is 16.5. The van der Waals surface area contributed by atoms with Crippen LogP contribution >= 0.6 is 0 Å². The van der Waals surface area contributed by atoms with E-state index in [2.05, 4.69) is 31.3 Å². The number of benzene rings is 1. The summed E-state index contributed by atoms with van der Waals surface area (Å²) in [6, 6.07) is 6.43. The third-order valence-electron chi connectivity index (χ3n) is 3.81. The molecule has 3 nitrogen and oxygen atoms in total. The van der Waals surface area contributed by atoms with Crippen molar-refractivity contribution in [2.45, 2.75) is 52.5 Å². The third kappa shape index (κ3) is 3.33. The zero-order valence-corrected chi connectivity index (χ0v) is 12.9. The van der Waals surface area contributed by atoms with Gasteiger partial charge in [-0.25, -0.2) is 0 Å². The summed E-state index contributed by atoms with van der Waals surface area (Å²) >= 11 is 0. The number of nitrogens with one attached hydrogen (secondary N) is 1. The second kappa shape index (κ2) is 6.29. The van der Waals surface area contributed by atoms with Crippen LogP contribution in [-0.4, -0.2) is 12.5 Å². The fraction of sp³-hybridized carbons (Fsp3) is 0.588. The summed E-state index contributed by atoms with van der Waals surface area (Å²) in [7, 11) is 0. The molecular weight excluding hydrogens is 250 g/mol. The van der Waals surface area contributed by atoms with E-state index in [9.17, 15) is 4.79 Å². The van der Waals surface area contributed by atoms with Crippen LogP contribution in [0.5, 0.6) is 5.75 Å². The molecule has 0 spiro atoms. The van der Waals surface area contributed by atoms with E-state index in [0.29, 0.717) is 5.92 Å². The quantitative estimate of drug-likeness (QED) is 0.911. The highest BCUT2D eigenvalue weighted by Crippen LogP contribution is 2.34. The predicted octanol–water partition coefficient (Wildman–Crippen LogP) is 3.80. The number of amides is 1. The van der Waals surface area contributed by atoms with E-state index in [4.69, 9.17) is 4.74 Å². The van der Waals surface area contributed by atoms with Crippen LogP contribution in [0.4, 0.5) is 0 Å². The molecule has 0 aromatic heterocycles. The van der Waals surface area contributed by atoms with E-state index in [1.807, 2.05) is 19.9 Å². The lowest BCUT2D eigenvalue weighted by Crippen LogP contribution is -2.31. The summed E-state index contributed by atoms with van der Waals surface area (Å²) in [5, 5.41) is 3.16. The molecule has 1 heterocycles. The van der Waals surface area contributed by atoms with E-state index in [1.54, 1.807) is 0 Å². The van der Waals surface area contributed by atoms with Gasteiger partial charge in [0, 0.05) is 11.5 Å². The lowest BCUT2D eigenvalue weighted by atomic mass is 9.95. The van der Waals surface area contributed by atoms with Crippen LogP contribution in [0.2, 0.25) is 0 Å². The maximum absolute atomic E-state index is 12.0. The second-order valence-corrected chi connectivity index (χ2v) is 6.16. The van der Waals surface area contributed by atoms with Gasteiger partial charge in [0.05, 0.1) is 12.6 Å². The molecule has 20 heavy (non-hydrogen) atoms. The molecule has 1 aliphatic heterocycles. The number of carbonyl (C=O) groups is 1. The van der Waals surface area contributed by atoms with Crippen LogP contribution in [0.25, 0.3) is 0 Å². The molecule has 110 valence electrons. The molecule has 1 aromatic carbocycles. The van der Waals surface area contributed by atoms with Crippen molar-refractivity contribution in [2.75, 3.05) is 6.61 Å². The van der Waals surface area contributed by atoms with E-state index < -0.39 is 0 Å². The van der Waals surface area contributed by atoms with Crippen LogP contribution in [0.1, 0.15) is 63.6 Å². The summed E-state index contributed by atoms with van der Waals surface area (Å²) in [4.78, 5) is 12.0. The van der Waals surface area contributed by atoms with Gasteiger partial charge in [0.15, 0.2) is 0 Å². The number of carbonyl (C=O) groups excluding carboxylic acids is 1. The van der Waals surface area contributed by atoms with E-state index >= 15 is 0 Å². The molecule has 0 radical (unpaired) electrons. The molecule has 0 saturated heterocycles. The van der Waals surface area contributed by atoms with Crippen LogP contribution < -0.4 is 10.1 Å². The van der Waals surface area contributed by atoms with Gasteiger partial charge in [-0.05, 0) is 36.5 Å². The van der Waals surface area contributed by atoms with E-state index in [-0.39, 0.29) is 17.9 Å². The van der Waals surface area contributed by atoms with Crippen molar-refractivity contribution in [3.63, 3.8) is 0 Å². The molecule has 3 heteroatoms. The van der Waals surface area contributed by atoms with Crippen molar-refractivity contribution < 1.29 is 9.53 Å². The highest BCUT2D eigenvalue weighted by Gasteiger charge is 2.23. The largest absolute Gasteiger partial charge is 0.493 e. The Morgan fingerprint density at radius 1 is 1.30 bits per heavy atom. The average molecular weight is 275 g/mol. The number of hydrogen-bond donors (Lipinski definition) is 1. The molecule has 0 fully saturated rings. The van der Waals surface area contributed by atoms with Gasteiger partial charge in [-0.1, -0.05) is 33.8 Å². The van der Waals surface area contributed by atoms with Gasteiger partial charge < -0.3 is 10.1 Å². The van der Waals surface area contributed by atoms with Crippen LogP contribution in [-0.2, 0) is 4.79 Å². The smallest absolute Gasteiger partial charge is 0.223 e. The van der Waals surface area contributed by atoms with Gasteiger partial charge in [-0.2, -0.15) is 0 Å². The Morgan fingerprint density at radius 2 is 2.05 bits per heavy atom.